The number of esters is 4. The summed E-state index contributed by atoms with van der Waals surface area (Å²) in [6.07, 6.45) is -5.06. The molecule has 0 saturated carbocycles. The summed E-state index contributed by atoms with van der Waals surface area (Å²) in [6, 6.07) is 7.04. The van der Waals surface area contributed by atoms with E-state index in [2.05, 4.69) is 6.07 Å². The van der Waals surface area contributed by atoms with Gasteiger partial charge in [-0.2, -0.15) is 5.26 Å². The summed E-state index contributed by atoms with van der Waals surface area (Å²) < 4.78 is 34.6. The highest BCUT2D eigenvalue weighted by molar-refractivity contribution is 7.71. The van der Waals surface area contributed by atoms with Crippen LogP contribution in [0.25, 0.3) is 11.3 Å². The van der Waals surface area contributed by atoms with Gasteiger partial charge < -0.3 is 32.7 Å². The SMILES string of the molecule is CC(=O)OC[C@@H]1O[C@H](n2c(C)cc(-c3ccco3)c(C#N)c2=S)[C@@H](OC(C)=O)[C@H](OC(C)=O)[C@@H]1OC(C)=O. The van der Waals surface area contributed by atoms with Crippen molar-refractivity contribution in [1.29, 1.82) is 5.26 Å². The van der Waals surface area contributed by atoms with E-state index < -0.39 is 61.1 Å². The Hall–Kier alpha value is -4.02. The van der Waals surface area contributed by atoms with E-state index in [0.29, 0.717) is 17.0 Å². The van der Waals surface area contributed by atoms with Gasteiger partial charge in [-0.1, -0.05) is 12.2 Å². The minimum atomic E-state index is -1.38. The van der Waals surface area contributed by atoms with E-state index in [0.717, 1.165) is 20.8 Å². The van der Waals surface area contributed by atoms with Gasteiger partial charge in [-0.3, -0.25) is 19.2 Å². The number of hydrogen-bond acceptors (Lipinski definition) is 12. The Morgan fingerprint density at radius 3 is 2.13 bits per heavy atom. The molecule has 202 valence electrons. The molecule has 12 nitrogen and oxygen atoms in total. The van der Waals surface area contributed by atoms with Gasteiger partial charge in [-0.05, 0) is 25.1 Å². The fourth-order valence-corrected chi connectivity index (χ4v) is 4.61. The van der Waals surface area contributed by atoms with Crippen LogP contribution in [0.5, 0.6) is 0 Å². The molecule has 0 radical (unpaired) electrons. The largest absolute Gasteiger partial charge is 0.464 e. The molecule has 0 N–H and O–H groups in total. The maximum Gasteiger partial charge on any atom is 0.303 e. The van der Waals surface area contributed by atoms with Crippen LogP contribution in [0.15, 0.2) is 28.9 Å². The number of nitriles is 1. The van der Waals surface area contributed by atoms with Gasteiger partial charge in [0.25, 0.3) is 0 Å². The van der Waals surface area contributed by atoms with Crippen LogP contribution >= 0.6 is 12.2 Å². The number of carbonyl (C=O) groups is 4. The molecule has 3 rings (SSSR count). The van der Waals surface area contributed by atoms with Crippen molar-refractivity contribution >= 4 is 36.1 Å². The Kier molecular flexibility index (Phi) is 9.03. The highest BCUT2D eigenvalue weighted by Gasteiger charge is 2.53. The van der Waals surface area contributed by atoms with Gasteiger partial charge in [0, 0.05) is 39.0 Å². The molecule has 3 heterocycles. The molecular weight excluding hydrogens is 520 g/mol. The summed E-state index contributed by atoms with van der Waals surface area (Å²) in [6.45, 7) is 5.87. The third kappa shape index (κ3) is 6.27. The second-order valence-electron chi connectivity index (χ2n) is 8.43. The summed E-state index contributed by atoms with van der Waals surface area (Å²) in [5, 5.41) is 9.95. The minimum absolute atomic E-state index is 0.0137. The summed E-state index contributed by atoms with van der Waals surface area (Å²) in [4.78, 5) is 47.8. The van der Waals surface area contributed by atoms with Crippen molar-refractivity contribution in [2.24, 2.45) is 0 Å². The number of ether oxygens (including phenoxy) is 5. The summed E-state index contributed by atoms with van der Waals surface area (Å²) in [7, 11) is 0. The van der Waals surface area contributed by atoms with Crippen LogP contribution in [0, 0.1) is 22.9 Å². The first-order valence-electron chi connectivity index (χ1n) is 11.4. The molecule has 0 aromatic carbocycles. The van der Waals surface area contributed by atoms with Gasteiger partial charge in [-0.25, -0.2) is 0 Å². The van der Waals surface area contributed by atoms with E-state index in [1.54, 1.807) is 25.1 Å². The molecule has 38 heavy (non-hydrogen) atoms. The molecule has 1 aliphatic rings. The van der Waals surface area contributed by atoms with Crippen molar-refractivity contribution in [3.05, 3.63) is 40.4 Å². The summed E-state index contributed by atoms with van der Waals surface area (Å²) >= 11 is 5.66. The molecule has 0 aliphatic carbocycles. The molecular formula is C25H26N2O10S. The lowest BCUT2D eigenvalue weighted by atomic mass is 9.96. The molecule has 1 saturated heterocycles. The van der Waals surface area contributed by atoms with E-state index in [1.807, 2.05) is 0 Å². The molecule has 0 unspecified atom stereocenters. The predicted octanol–water partition coefficient (Wildman–Crippen LogP) is 2.91. The number of hydrogen-bond donors (Lipinski definition) is 0. The van der Waals surface area contributed by atoms with Gasteiger partial charge in [0.05, 0.1) is 11.8 Å². The second kappa shape index (κ2) is 12.0. The molecule has 0 bridgehead atoms. The van der Waals surface area contributed by atoms with Crippen molar-refractivity contribution in [3.63, 3.8) is 0 Å². The van der Waals surface area contributed by atoms with E-state index in [1.165, 1.54) is 17.8 Å². The Bertz CT molecular complexity index is 1330. The third-order valence-corrected chi connectivity index (χ3v) is 5.96. The first-order chi connectivity index (χ1) is 17.9. The number of carbonyl (C=O) groups excluding carboxylic acids is 4. The number of furan rings is 1. The average Bonchev–Trinajstić information content (AvgIpc) is 3.35. The monoisotopic (exact) mass is 546 g/mol. The topological polar surface area (TPSA) is 156 Å². The fraction of sp³-hybridized carbons (Fsp3) is 0.440. The van der Waals surface area contributed by atoms with Crippen LogP contribution in [-0.2, 0) is 42.9 Å². The highest BCUT2D eigenvalue weighted by Crippen LogP contribution is 2.37. The molecule has 5 atom stereocenters. The average molecular weight is 547 g/mol. The maximum atomic E-state index is 12.2. The number of nitrogens with zero attached hydrogens (tertiary/aromatic N) is 2. The lowest BCUT2D eigenvalue weighted by molar-refractivity contribution is -0.269. The number of aryl methyl sites for hydroxylation is 1. The van der Waals surface area contributed by atoms with Gasteiger partial charge in [-0.15, -0.1) is 0 Å². The van der Waals surface area contributed by atoms with E-state index in [9.17, 15) is 24.4 Å². The number of aromatic nitrogens is 1. The molecule has 2 aromatic heterocycles. The quantitative estimate of drug-likeness (QED) is 0.285. The van der Waals surface area contributed by atoms with Crippen LogP contribution in [0.3, 0.4) is 0 Å². The molecule has 0 spiro atoms. The Morgan fingerprint density at radius 1 is 1.00 bits per heavy atom. The molecule has 1 fully saturated rings. The molecule has 13 heteroatoms. The Morgan fingerprint density at radius 2 is 1.61 bits per heavy atom. The highest BCUT2D eigenvalue weighted by atomic mass is 32.1. The smallest absolute Gasteiger partial charge is 0.303 e. The first-order valence-corrected chi connectivity index (χ1v) is 11.9. The van der Waals surface area contributed by atoms with Crippen LogP contribution in [0.2, 0.25) is 0 Å². The van der Waals surface area contributed by atoms with Gasteiger partial charge >= 0.3 is 23.9 Å². The normalized spacial score (nSPS) is 22.6. The minimum Gasteiger partial charge on any atom is -0.464 e. The van der Waals surface area contributed by atoms with Gasteiger partial charge in [0.2, 0.25) is 0 Å². The van der Waals surface area contributed by atoms with Crippen LogP contribution in [-0.4, -0.2) is 59.5 Å². The zero-order chi connectivity index (χ0) is 28.1. The number of rotatable bonds is 7. The van der Waals surface area contributed by atoms with Crippen LogP contribution < -0.4 is 0 Å². The Labute approximate surface area is 223 Å². The van der Waals surface area contributed by atoms with E-state index in [-0.39, 0.29) is 10.2 Å². The Balaban J connectivity index is 2.24. The maximum absolute atomic E-state index is 12.2. The molecule has 2 aromatic rings. The third-order valence-electron chi connectivity index (χ3n) is 5.55. The van der Waals surface area contributed by atoms with Crippen molar-refractivity contribution in [2.75, 3.05) is 6.61 Å². The molecule has 1 aliphatic heterocycles. The zero-order valence-corrected chi connectivity index (χ0v) is 22.1. The molecule has 0 amide bonds. The van der Waals surface area contributed by atoms with Gasteiger partial charge in [0.15, 0.2) is 24.5 Å². The summed E-state index contributed by atoms with van der Waals surface area (Å²) in [5.74, 6) is -2.49. The first kappa shape index (κ1) is 28.5. The lowest BCUT2D eigenvalue weighted by Crippen LogP contribution is -2.60. The van der Waals surface area contributed by atoms with Crippen LogP contribution in [0.4, 0.5) is 0 Å². The van der Waals surface area contributed by atoms with Crippen molar-refractivity contribution in [1.82, 2.24) is 4.57 Å². The standard InChI is InChI=1S/C25H26N2O10S/c1-12-9-17(19-7-6-8-32-19)18(10-26)25(38)27(12)24-23(36-16(5)31)22(35-15(4)30)21(34-14(3)29)20(37-24)11-33-13(2)28/h6-9,20-24H,11H2,1-5H3/t20-,21+,22+,23-,24-/m0/s1. The number of pyridine rings is 1. The lowest BCUT2D eigenvalue weighted by Gasteiger charge is -2.45. The van der Waals surface area contributed by atoms with E-state index in [4.69, 9.17) is 40.3 Å². The second-order valence-corrected chi connectivity index (χ2v) is 8.82. The fourth-order valence-electron chi connectivity index (χ4n) is 4.21. The zero-order valence-electron chi connectivity index (χ0n) is 21.3. The predicted molar refractivity (Wildman–Crippen MR) is 130 cm³/mol. The van der Waals surface area contributed by atoms with Gasteiger partial charge in [0.1, 0.15) is 29.2 Å². The van der Waals surface area contributed by atoms with Crippen molar-refractivity contribution in [3.8, 4) is 17.4 Å². The van der Waals surface area contributed by atoms with Crippen LogP contribution in [0.1, 0.15) is 45.2 Å². The summed E-state index contributed by atoms with van der Waals surface area (Å²) in [5.41, 5.74) is 0.983. The van der Waals surface area contributed by atoms with Crippen molar-refractivity contribution in [2.45, 2.75) is 65.3 Å². The van der Waals surface area contributed by atoms with E-state index >= 15 is 0 Å². The van der Waals surface area contributed by atoms with Crippen molar-refractivity contribution < 1.29 is 47.3 Å².